The van der Waals surface area contributed by atoms with E-state index in [4.69, 9.17) is 10.5 Å². The number of nitrogens with two attached hydrogens (primary N) is 1. The summed E-state index contributed by atoms with van der Waals surface area (Å²) in [6.07, 6.45) is 3.33. The molecule has 100 valence electrons. The lowest BCUT2D eigenvalue weighted by atomic mass is 9.99. The standard InChI is InChI=1S/C15H24N2O/c1-12-2-3-15(14(10-12)4-7-16)18-11-13-5-8-17-9-6-13/h2-3,10,13,17H,4-9,11,16H2,1H3. The van der Waals surface area contributed by atoms with Crippen LogP contribution in [0.2, 0.25) is 0 Å². The van der Waals surface area contributed by atoms with E-state index >= 15 is 0 Å². The number of benzene rings is 1. The maximum absolute atomic E-state index is 6.00. The van der Waals surface area contributed by atoms with E-state index in [0.29, 0.717) is 12.5 Å². The second kappa shape index (κ2) is 6.76. The first-order valence-corrected chi connectivity index (χ1v) is 6.92. The zero-order chi connectivity index (χ0) is 12.8. The van der Waals surface area contributed by atoms with Gasteiger partial charge in [-0.2, -0.15) is 0 Å². The third-order valence-corrected chi connectivity index (χ3v) is 3.56. The van der Waals surface area contributed by atoms with Crippen LogP contribution in [0, 0.1) is 12.8 Å². The third kappa shape index (κ3) is 3.72. The Labute approximate surface area is 110 Å². The van der Waals surface area contributed by atoms with Gasteiger partial charge in [0.05, 0.1) is 6.61 Å². The second-order valence-electron chi connectivity index (χ2n) is 5.15. The van der Waals surface area contributed by atoms with Crippen LogP contribution in [0.25, 0.3) is 0 Å². The fourth-order valence-electron chi connectivity index (χ4n) is 2.46. The minimum absolute atomic E-state index is 0.674. The maximum Gasteiger partial charge on any atom is 0.122 e. The van der Waals surface area contributed by atoms with Gasteiger partial charge in [0.2, 0.25) is 0 Å². The molecule has 0 saturated carbocycles. The molecule has 1 aliphatic rings. The van der Waals surface area contributed by atoms with Gasteiger partial charge in [-0.1, -0.05) is 17.7 Å². The molecule has 2 rings (SSSR count). The van der Waals surface area contributed by atoms with E-state index in [1.165, 1.54) is 24.0 Å². The van der Waals surface area contributed by atoms with E-state index < -0.39 is 0 Å². The first-order chi connectivity index (χ1) is 8.79. The Kier molecular flexibility index (Phi) is 5.02. The van der Waals surface area contributed by atoms with Gasteiger partial charge >= 0.3 is 0 Å². The zero-order valence-corrected chi connectivity index (χ0v) is 11.2. The lowest BCUT2D eigenvalue weighted by molar-refractivity contribution is 0.213. The molecule has 3 nitrogen and oxygen atoms in total. The molecular weight excluding hydrogens is 224 g/mol. The normalized spacial score (nSPS) is 16.8. The molecule has 0 amide bonds. The van der Waals surface area contributed by atoms with Crippen molar-refractivity contribution in [2.45, 2.75) is 26.2 Å². The fourth-order valence-corrected chi connectivity index (χ4v) is 2.46. The number of hydrogen-bond donors (Lipinski definition) is 2. The molecule has 1 saturated heterocycles. The molecule has 1 aromatic rings. The van der Waals surface area contributed by atoms with Gasteiger partial charge in [-0.3, -0.25) is 0 Å². The summed E-state index contributed by atoms with van der Waals surface area (Å²) in [5.74, 6) is 1.71. The number of piperidine rings is 1. The fraction of sp³-hybridized carbons (Fsp3) is 0.600. The van der Waals surface area contributed by atoms with Gasteiger partial charge in [0.25, 0.3) is 0 Å². The van der Waals surface area contributed by atoms with Gasteiger partial charge in [0, 0.05) is 0 Å². The van der Waals surface area contributed by atoms with E-state index in [9.17, 15) is 0 Å². The van der Waals surface area contributed by atoms with Gasteiger partial charge in [0.1, 0.15) is 5.75 Å². The van der Waals surface area contributed by atoms with Crippen molar-refractivity contribution in [3.8, 4) is 5.75 Å². The van der Waals surface area contributed by atoms with Crippen LogP contribution >= 0.6 is 0 Å². The molecule has 3 heteroatoms. The smallest absolute Gasteiger partial charge is 0.122 e. The predicted molar refractivity (Wildman–Crippen MR) is 75.0 cm³/mol. The molecule has 0 aliphatic carbocycles. The summed E-state index contributed by atoms with van der Waals surface area (Å²) in [6.45, 7) is 5.86. The number of rotatable bonds is 5. The van der Waals surface area contributed by atoms with Gasteiger partial charge in [-0.05, 0) is 63.4 Å². The van der Waals surface area contributed by atoms with Crippen LogP contribution in [0.3, 0.4) is 0 Å². The van der Waals surface area contributed by atoms with Crippen LogP contribution in [0.4, 0.5) is 0 Å². The SMILES string of the molecule is Cc1ccc(OCC2CCNCC2)c(CCN)c1. The number of nitrogens with one attached hydrogen (secondary N) is 1. The van der Waals surface area contributed by atoms with Gasteiger partial charge < -0.3 is 15.8 Å². The van der Waals surface area contributed by atoms with Crippen molar-refractivity contribution in [1.29, 1.82) is 0 Å². The molecule has 1 fully saturated rings. The first kappa shape index (κ1) is 13.4. The highest BCUT2D eigenvalue weighted by Gasteiger charge is 2.14. The lowest BCUT2D eigenvalue weighted by Gasteiger charge is -2.23. The Balaban J connectivity index is 1.94. The van der Waals surface area contributed by atoms with Crippen molar-refractivity contribution in [3.05, 3.63) is 29.3 Å². The predicted octanol–water partition coefficient (Wildman–Crippen LogP) is 1.87. The quantitative estimate of drug-likeness (QED) is 0.836. The summed E-state index contributed by atoms with van der Waals surface area (Å²) in [7, 11) is 0. The van der Waals surface area contributed by atoms with E-state index in [1.54, 1.807) is 0 Å². The van der Waals surface area contributed by atoms with Crippen LogP contribution < -0.4 is 15.8 Å². The molecule has 1 heterocycles. The summed E-state index contributed by atoms with van der Waals surface area (Å²) in [4.78, 5) is 0. The number of hydrogen-bond acceptors (Lipinski definition) is 3. The molecule has 0 unspecified atom stereocenters. The summed E-state index contributed by atoms with van der Waals surface area (Å²) in [6, 6.07) is 6.38. The molecular formula is C15H24N2O. The minimum Gasteiger partial charge on any atom is -0.493 e. The average Bonchev–Trinajstić information content (AvgIpc) is 2.39. The highest BCUT2D eigenvalue weighted by Crippen LogP contribution is 2.22. The Morgan fingerprint density at radius 1 is 1.33 bits per heavy atom. The maximum atomic E-state index is 6.00. The van der Waals surface area contributed by atoms with Crippen molar-refractivity contribution >= 4 is 0 Å². The van der Waals surface area contributed by atoms with Crippen molar-refractivity contribution in [2.24, 2.45) is 11.7 Å². The van der Waals surface area contributed by atoms with Gasteiger partial charge in [0.15, 0.2) is 0 Å². The summed E-state index contributed by atoms with van der Waals surface area (Å²) >= 11 is 0. The molecule has 0 spiro atoms. The first-order valence-electron chi connectivity index (χ1n) is 6.92. The zero-order valence-electron chi connectivity index (χ0n) is 11.2. The van der Waals surface area contributed by atoms with Crippen molar-refractivity contribution in [3.63, 3.8) is 0 Å². The summed E-state index contributed by atoms with van der Waals surface area (Å²) in [5, 5.41) is 3.38. The van der Waals surface area contributed by atoms with Gasteiger partial charge in [-0.25, -0.2) is 0 Å². The van der Waals surface area contributed by atoms with Crippen LogP contribution in [0.5, 0.6) is 5.75 Å². The topological polar surface area (TPSA) is 47.3 Å². The highest BCUT2D eigenvalue weighted by atomic mass is 16.5. The lowest BCUT2D eigenvalue weighted by Crippen LogP contribution is -2.30. The van der Waals surface area contributed by atoms with Crippen LogP contribution in [-0.2, 0) is 6.42 Å². The molecule has 3 N–H and O–H groups in total. The van der Waals surface area contributed by atoms with Crippen molar-refractivity contribution < 1.29 is 4.74 Å². The van der Waals surface area contributed by atoms with Crippen LogP contribution in [-0.4, -0.2) is 26.2 Å². The van der Waals surface area contributed by atoms with E-state index in [0.717, 1.165) is 31.9 Å². The van der Waals surface area contributed by atoms with E-state index in [2.05, 4.69) is 30.4 Å². The van der Waals surface area contributed by atoms with Crippen LogP contribution in [0.1, 0.15) is 24.0 Å². The average molecular weight is 248 g/mol. The highest BCUT2D eigenvalue weighted by molar-refractivity contribution is 5.37. The Morgan fingerprint density at radius 3 is 2.83 bits per heavy atom. The molecule has 1 aliphatic heterocycles. The second-order valence-corrected chi connectivity index (χ2v) is 5.15. The van der Waals surface area contributed by atoms with E-state index in [-0.39, 0.29) is 0 Å². The monoisotopic (exact) mass is 248 g/mol. The molecule has 1 aromatic carbocycles. The van der Waals surface area contributed by atoms with Crippen molar-refractivity contribution in [1.82, 2.24) is 5.32 Å². The largest absolute Gasteiger partial charge is 0.493 e. The third-order valence-electron chi connectivity index (χ3n) is 3.56. The Hall–Kier alpha value is -1.06. The van der Waals surface area contributed by atoms with Gasteiger partial charge in [-0.15, -0.1) is 0 Å². The summed E-state index contributed by atoms with van der Waals surface area (Å²) < 4.78 is 6.00. The molecule has 18 heavy (non-hydrogen) atoms. The number of aryl methyl sites for hydroxylation is 1. The Bertz CT molecular complexity index is 373. The molecule has 0 radical (unpaired) electrons. The van der Waals surface area contributed by atoms with Crippen molar-refractivity contribution in [2.75, 3.05) is 26.2 Å². The Morgan fingerprint density at radius 2 is 2.11 bits per heavy atom. The van der Waals surface area contributed by atoms with E-state index in [1.807, 2.05) is 0 Å². The minimum atomic E-state index is 0.674. The number of ether oxygens (including phenoxy) is 1. The van der Waals surface area contributed by atoms with Crippen LogP contribution in [0.15, 0.2) is 18.2 Å². The molecule has 0 bridgehead atoms. The molecule has 0 atom stereocenters. The summed E-state index contributed by atoms with van der Waals surface area (Å²) in [5.41, 5.74) is 8.17. The molecule has 0 aromatic heterocycles.